The number of aliphatic hydroxyl groups is 1. The van der Waals surface area contributed by atoms with Gasteiger partial charge in [-0.05, 0) is 37.1 Å². The first-order chi connectivity index (χ1) is 11.7. The highest BCUT2D eigenvalue weighted by Gasteiger charge is 2.29. The number of aliphatic hydroxyl groups excluding tert-OH is 1. The van der Waals surface area contributed by atoms with Crippen molar-refractivity contribution < 1.29 is 14.4 Å². The lowest BCUT2D eigenvalue weighted by Gasteiger charge is -2.14. The lowest BCUT2D eigenvalue weighted by Crippen LogP contribution is -2.34. The third kappa shape index (κ3) is 4.00. The molecule has 0 radical (unpaired) electrons. The number of rotatable bonds is 5. The number of β-amino-alcohol motifs (C(OH)–C–C–N with tert-alkyl or cyclic N) is 1. The van der Waals surface area contributed by atoms with Gasteiger partial charge in [-0.3, -0.25) is 4.79 Å². The number of nitrogens with zero attached hydrogens (tertiary/aromatic N) is 2. The van der Waals surface area contributed by atoms with Crippen LogP contribution in [-0.4, -0.2) is 46.9 Å². The van der Waals surface area contributed by atoms with Crippen molar-refractivity contribution in [2.45, 2.75) is 24.9 Å². The maximum Gasteiger partial charge on any atom is 0.257 e. The molecule has 8 heteroatoms. The molecule has 134 valence electrons. The molecule has 25 heavy (non-hydrogen) atoms. The Kier molecular flexibility index (Phi) is 5.36. The standard InChI is InChI=1S/C17H20N4O3.ClH/c22-14-9-18-7-13(14)8-19-16(23)11-3-5-12(6-4-11)17-20-15(21-24-17)10-1-2-10;/h3-6,10,13-14,18,22H,1-2,7-9H2,(H,19,23);1H. The molecule has 3 N–H and O–H groups in total. The molecule has 2 fully saturated rings. The summed E-state index contributed by atoms with van der Waals surface area (Å²) in [6, 6.07) is 7.11. The molecule has 0 spiro atoms. The van der Waals surface area contributed by atoms with E-state index in [9.17, 15) is 9.90 Å². The van der Waals surface area contributed by atoms with E-state index in [4.69, 9.17) is 4.52 Å². The van der Waals surface area contributed by atoms with E-state index in [2.05, 4.69) is 20.8 Å². The summed E-state index contributed by atoms with van der Waals surface area (Å²) in [7, 11) is 0. The van der Waals surface area contributed by atoms with Gasteiger partial charge in [0.05, 0.1) is 6.10 Å². The topological polar surface area (TPSA) is 100 Å². The van der Waals surface area contributed by atoms with E-state index in [1.807, 2.05) is 12.1 Å². The Labute approximate surface area is 151 Å². The molecule has 1 amide bonds. The van der Waals surface area contributed by atoms with Crippen LogP contribution in [0.3, 0.4) is 0 Å². The Morgan fingerprint density at radius 1 is 1.28 bits per heavy atom. The maximum atomic E-state index is 12.2. The van der Waals surface area contributed by atoms with E-state index in [0.717, 1.165) is 30.8 Å². The van der Waals surface area contributed by atoms with Crippen LogP contribution >= 0.6 is 12.4 Å². The monoisotopic (exact) mass is 364 g/mol. The Morgan fingerprint density at radius 2 is 2.04 bits per heavy atom. The van der Waals surface area contributed by atoms with Gasteiger partial charge < -0.3 is 20.3 Å². The van der Waals surface area contributed by atoms with Gasteiger partial charge in [-0.15, -0.1) is 12.4 Å². The number of aromatic nitrogens is 2. The Morgan fingerprint density at radius 3 is 2.68 bits per heavy atom. The van der Waals surface area contributed by atoms with E-state index < -0.39 is 6.10 Å². The quantitative estimate of drug-likeness (QED) is 0.740. The third-order valence-electron chi connectivity index (χ3n) is 4.61. The van der Waals surface area contributed by atoms with Gasteiger partial charge in [0, 0.05) is 42.6 Å². The summed E-state index contributed by atoms with van der Waals surface area (Å²) >= 11 is 0. The largest absolute Gasteiger partial charge is 0.391 e. The van der Waals surface area contributed by atoms with Gasteiger partial charge in [-0.2, -0.15) is 4.98 Å². The first kappa shape index (κ1) is 17.8. The number of hydrogen-bond donors (Lipinski definition) is 3. The van der Waals surface area contributed by atoms with Crippen molar-refractivity contribution in [2.24, 2.45) is 5.92 Å². The molecule has 2 aliphatic rings. The van der Waals surface area contributed by atoms with Gasteiger partial charge in [0.2, 0.25) is 0 Å². The molecular weight excluding hydrogens is 344 g/mol. The van der Waals surface area contributed by atoms with Crippen LogP contribution in [0.25, 0.3) is 11.5 Å². The molecule has 4 rings (SSSR count). The number of halogens is 1. The molecule has 2 atom stereocenters. The summed E-state index contributed by atoms with van der Waals surface area (Å²) in [5, 5.41) is 19.7. The second-order valence-electron chi connectivity index (χ2n) is 6.51. The summed E-state index contributed by atoms with van der Waals surface area (Å²) in [5.74, 6) is 1.63. The van der Waals surface area contributed by atoms with Crippen molar-refractivity contribution in [3.63, 3.8) is 0 Å². The van der Waals surface area contributed by atoms with Crippen LogP contribution in [0.4, 0.5) is 0 Å². The predicted octanol–water partition coefficient (Wildman–Crippen LogP) is 1.35. The average Bonchev–Trinajstić information content (AvgIpc) is 3.19. The fourth-order valence-corrected chi connectivity index (χ4v) is 2.88. The fourth-order valence-electron chi connectivity index (χ4n) is 2.88. The van der Waals surface area contributed by atoms with Gasteiger partial charge in [-0.1, -0.05) is 5.16 Å². The molecule has 1 aromatic carbocycles. The van der Waals surface area contributed by atoms with Crippen LogP contribution in [0.2, 0.25) is 0 Å². The van der Waals surface area contributed by atoms with E-state index in [0.29, 0.717) is 30.5 Å². The number of nitrogens with one attached hydrogen (secondary N) is 2. The van der Waals surface area contributed by atoms with Crippen molar-refractivity contribution >= 4 is 18.3 Å². The number of carbonyl (C=O) groups is 1. The number of amides is 1. The van der Waals surface area contributed by atoms with Crippen LogP contribution in [0.1, 0.15) is 34.9 Å². The van der Waals surface area contributed by atoms with Crippen LogP contribution in [0.15, 0.2) is 28.8 Å². The summed E-state index contributed by atoms with van der Waals surface area (Å²) in [6.45, 7) is 1.77. The summed E-state index contributed by atoms with van der Waals surface area (Å²) in [5.41, 5.74) is 1.38. The van der Waals surface area contributed by atoms with E-state index in [1.165, 1.54) is 0 Å². The molecule has 2 unspecified atom stereocenters. The highest BCUT2D eigenvalue weighted by atomic mass is 35.5. The number of benzene rings is 1. The van der Waals surface area contributed by atoms with Gasteiger partial charge in [0.15, 0.2) is 5.82 Å². The van der Waals surface area contributed by atoms with E-state index in [1.54, 1.807) is 12.1 Å². The van der Waals surface area contributed by atoms with Crippen molar-refractivity contribution in [1.82, 2.24) is 20.8 Å². The molecule has 2 aromatic rings. The van der Waals surface area contributed by atoms with Crippen LogP contribution in [0, 0.1) is 5.92 Å². The normalized spacial score (nSPS) is 22.4. The molecule has 2 heterocycles. The summed E-state index contributed by atoms with van der Waals surface area (Å²) in [6.07, 6.45) is 1.86. The second kappa shape index (κ2) is 7.51. The van der Waals surface area contributed by atoms with Gasteiger partial charge in [0.25, 0.3) is 11.8 Å². The zero-order valence-corrected chi connectivity index (χ0v) is 14.5. The summed E-state index contributed by atoms with van der Waals surface area (Å²) < 4.78 is 5.28. The number of hydrogen-bond acceptors (Lipinski definition) is 6. The molecule has 1 saturated heterocycles. The first-order valence-electron chi connectivity index (χ1n) is 8.32. The minimum absolute atomic E-state index is 0. The summed E-state index contributed by atoms with van der Waals surface area (Å²) in [4.78, 5) is 16.6. The van der Waals surface area contributed by atoms with Gasteiger partial charge >= 0.3 is 0 Å². The van der Waals surface area contributed by atoms with Crippen LogP contribution in [0.5, 0.6) is 0 Å². The maximum absolute atomic E-state index is 12.2. The van der Waals surface area contributed by atoms with Crippen LogP contribution in [-0.2, 0) is 0 Å². The molecule has 1 saturated carbocycles. The van der Waals surface area contributed by atoms with Crippen molar-refractivity contribution in [2.75, 3.05) is 19.6 Å². The smallest absolute Gasteiger partial charge is 0.257 e. The Balaban J connectivity index is 0.00000182. The van der Waals surface area contributed by atoms with Crippen molar-refractivity contribution in [3.8, 4) is 11.5 Å². The minimum atomic E-state index is -0.397. The lowest BCUT2D eigenvalue weighted by atomic mass is 10.1. The molecular formula is C17H21ClN4O3. The zero-order valence-electron chi connectivity index (χ0n) is 13.6. The number of carbonyl (C=O) groups excluding carboxylic acids is 1. The molecule has 0 bridgehead atoms. The SMILES string of the molecule is Cl.O=C(NCC1CNCC1O)c1ccc(-c2nc(C3CC3)no2)cc1. The van der Waals surface area contributed by atoms with Crippen molar-refractivity contribution in [3.05, 3.63) is 35.7 Å². The average molecular weight is 365 g/mol. The van der Waals surface area contributed by atoms with Crippen LogP contribution < -0.4 is 10.6 Å². The van der Waals surface area contributed by atoms with Gasteiger partial charge in [-0.25, -0.2) is 0 Å². The highest BCUT2D eigenvalue weighted by molar-refractivity contribution is 5.94. The molecule has 1 aliphatic heterocycles. The third-order valence-corrected chi connectivity index (χ3v) is 4.61. The van der Waals surface area contributed by atoms with Gasteiger partial charge in [0.1, 0.15) is 0 Å². The molecule has 1 aliphatic carbocycles. The van der Waals surface area contributed by atoms with E-state index in [-0.39, 0.29) is 24.2 Å². The molecule has 7 nitrogen and oxygen atoms in total. The molecule has 1 aromatic heterocycles. The van der Waals surface area contributed by atoms with Crippen molar-refractivity contribution in [1.29, 1.82) is 0 Å². The predicted molar refractivity (Wildman–Crippen MR) is 93.7 cm³/mol. The second-order valence-corrected chi connectivity index (χ2v) is 6.51. The highest BCUT2D eigenvalue weighted by Crippen LogP contribution is 2.38. The minimum Gasteiger partial charge on any atom is -0.391 e. The zero-order chi connectivity index (χ0) is 16.5. The first-order valence-corrected chi connectivity index (χ1v) is 8.32. The Hall–Kier alpha value is -1.96. The fraction of sp³-hybridized carbons (Fsp3) is 0.471. The lowest BCUT2D eigenvalue weighted by molar-refractivity contribution is 0.0927. The van der Waals surface area contributed by atoms with E-state index >= 15 is 0 Å². The Bertz CT molecular complexity index is 730.